The Labute approximate surface area is 176 Å². The fraction of sp³-hybridized carbons (Fsp3) is 0.238. The zero-order valence-electron chi connectivity index (χ0n) is 16.8. The third kappa shape index (κ3) is 3.09. The van der Waals surface area contributed by atoms with Gasteiger partial charge < -0.3 is 18.9 Å². The molecule has 0 amide bonds. The molecule has 1 aliphatic rings. The maximum atomic E-state index is 13.5. The molecule has 30 heavy (non-hydrogen) atoms. The van der Waals surface area contributed by atoms with Gasteiger partial charge in [-0.15, -0.1) is 0 Å². The Morgan fingerprint density at radius 1 is 0.800 bits per heavy atom. The largest absolute Gasteiger partial charge is 0.496 e. The van der Waals surface area contributed by atoms with Gasteiger partial charge in [-0.3, -0.25) is 19.2 Å². The van der Waals surface area contributed by atoms with Crippen LogP contribution in [0.5, 0.6) is 23.0 Å². The van der Waals surface area contributed by atoms with Crippen LogP contribution in [-0.2, 0) is 4.79 Å². The van der Waals surface area contributed by atoms with Crippen molar-refractivity contribution in [2.45, 2.75) is 13.8 Å². The molecule has 2 aromatic carbocycles. The van der Waals surface area contributed by atoms with E-state index >= 15 is 0 Å². The molecule has 9 heteroatoms. The molecule has 0 heterocycles. The van der Waals surface area contributed by atoms with E-state index in [9.17, 15) is 19.2 Å². The highest BCUT2D eigenvalue weighted by Crippen LogP contribution is 2.47. The molecule has 0 saturated heterocycles. The number of ether oxygens (including phenoxy) is 4. The van der Waals surface area contributed by atoms with Crippen LogP contribution in [0.4, 0.5) is 0 Å². The lowest BCUT2D eigenvalue weighted by Gasteiger charge is -2.25. The smallest absolute Gasteiger partial charge is 0.308 e. The van der Waals surface area contributed by atoms with E-state index < -0.39 is 23.3 Å². The van der Waals surface area contributed by atoms with Gasteiger partial charge in [0.05, 0.1) is 32.5 Å². The van der Waals surface area contributed by atoms with Gasteiger partial charge in [-0.2, -0.15) is 0 Å². The zero-order chi connectivity index (χ0) is 22.3. The number of methoxy groups -OCH3 is 3. The average Bonchev–Trinajstić information content (AvgIpc) is 2.69. The standard InChI is InChI=1S/C21H17ClO8/c1-8(23)14-12(27-3)6-10-15(20(14)30-9(2)24)19(26)16-11(18(10)25)7-13(28-4)17(22)21(16)29-5/h6-7H,1-5H3. The maximum absolute atomic E-state index is 13.5. The van der Waals surface area contributed by atoms with Crippen LogP contribution in [0, 0.1) is 0 Å². The summed E-state index contributed by atoms with van der Waals surface area (Å²) in [6.45, 7) is 2.34. The van der Waals surface area contributed by atoms with E-state index in [4.69, 9.17) is 30.5 Å². The van der Waals surface area contributed by atoms with Gasteiger partial charge in [0.2, 0.25) is 5.78 Å². The van der Waals surface area contributed by atoms with E-state index in [1.165, 1.54) is 40.4 Å². The Morgan fingerprint density at radius 3 is 1.80 bits per heavy atom. The number of Topliss-reactive ketones (excluding diaryl/α,β-unsaturated/α-hetero) is 1. The summed E-state index contributed by atoms with van der Waals surface area (Å²) in [6.07, 6.45) is 0. The molecule has 0 saturated carbocycles. The number of fused-ring (bicyclic) bond motifs is 2. The Hall–Kier alpha value is -3.39. The van der Waals surface area contributed by atoms with Gasteiger partial charge in [0.1, 0.15) is 22.1 Å². The number of hydrogen-bond acceptors (Lipinski definition) is 8. The van der Waals surface area contributed by atoms with Gasteiger partial charge >= 0.3 is 5.97 Å². The van der Waals surface area contributed by atoms with Crippen LogP contribution in [0.15, 0.2) is 12.1 Å². The van der Waals surface area contributed by atoms with Crippen molar-refractivity contribution in [3.8, 4) is 23.0 Å². The van der Waals surface area contributed by atoms with E-state index in [1.54, 1.807) is 0 Å². The van der Waals surface area contributed by atoms with Crippen molar-refractivity contribution in [2.24, 2.45) is 0 Å². The molecular weight excluding hydrogens is 416 g/mol. The number of hydrogen-bond donors (Lipinski definition) is 0. The van der Waals surface area contributed by atoms with Gasteiger partial charge in [-0.25, -0.2) is 0 Å². The predicted molar refractivity (Wildman–Crippen MR) is 106 cm³/mol. The van der Waals surface area contributed by atoms with Crippen molar-refractivity contribution in [3.05, 3.63) is 45.0 Å². The Bertz CT molecular complexity index is 1130. The second-order valence-corrected chi connectivity index (χ2v) is 6.74. The van der Waals surface area contributed by atoms with E-state index in [1.807, 2.05) is 0 Å². The monoisotopic (exact) mass is 432 g/mol. The molecule has 0 aliphatic heterocycles. The lowest BCUT2D eigenvalue weighted by Crippen LogP contribution is -2.25. The summed E-state index contributed by atoms with van der Waals surface area (Å²) in [6, 6.07) is 2.61. The van der Waals surface area contributed by atoms with E-state index in [0.717, 1.165) is 6.92 Å². The highest BCUT2D eigenvalue weighted by Gasteiger charge is 2.40. The second kappa shape index (κ2) is 7.79. The molecule has 2 aromatic rings. The van der Waals surface area contributed by atoms with Crippen molar-refractivity contribution in [1.29, 1.82) is 0 Å². The SMILES string of the molecule is COc1cc2c(c(OC)c1Cl)C(=O)c1c(cc(OC)c(C(C)=O)c1OC(C)=O)C2=O. The van der Waals surface area contributed by atoms with E-state index in [0.29, 0.717) is 0 Å². The summed E-state index contributed by atoms with van der Waals surface area (Å²) in [5, 5.41) is -0.00214. The Morgan fingerprint density at radius 2 is 1.33 bits per heavy atom. The van der Waals surface area contributed by atoms with Gasteiger partial charge in [0, 0.05) is 18.1 Å². The van der Waals surface area contributed by atoms with Crippen molar-refractivity contribution in [2.75, 3.05) is 21.3 Å². The summed E-state index contributed by atoms with van der Waals surface area (Å²) in [5.74, 6) is -2.84. The summed E-state index contributed by atoms with van der Waals surface area (Å²) in [7, 11) is 3.94. The van der Waals surface area contributed by atoms with Gasteiger partial charge in [0.25, 0.3) is 0 Å². The van der Waals surface area contributed by atoms with Crippen LogP contribution in [0.1, 0.15) is 56.0 Å². The minimum absolute atomic E-state index is 0.00214. The summed E-state index contributed by atoms with van der Waals surface area (Å²) < 4.78 is 20.9. The lowest BCUT2D eigenvalue weighted by atomic mass is 9.81. The first-order chi connectivity index (χ1) is 14.2. The summed E-state index contributed by atoms with van der Waals surface area (Å²) >= 11 is 6.27. The summed E-state index contributed by atoms with van der Waals surface area (Å²) in [5.41, 5.74) is -0.578. The van der Waals surface area contributed by atoms with E-state index in [-0.39, 0.29) is 55.8 Å². The number of rotatable bonds is 5. The molecule has 0 bridgehead atoms. The van der Waals surface area contributed by atoms with Gasteiger partial charge in [-0.1, -0.05) is 11.6 Å². The van der Waals surface area contributed by atoms with Crippen molar-refractivity contribution < 1.29 is 38.1 Å². The molecule has 0 unspecified atom stereocenters. The molecule has 0 N–H and O–H groups in total. The average molecular weight is 433 g/mol. The Balaban J connectivity index is 2.47. The van der Waals surface area contributed by atoms with Crippen LogP contribution in [-0.4, -0.2) is 44.6 Å². The number of halogens is 1. The van der Waals surface area contributed by atoms with Crippen LogP contribution in [0.25, 0.3) is 0 Å². The molecule has 8 nitrogen and oxygen atoms in total. The van der Waals surface area contributed by atoms with Crippen LogP contribution >= 0.6 is 11.6 Å². The minimum atomic E-state index is -0.779. The molecule has 156 valence electrons. The lowest BCUT2D eigenvalue weighted by molar-refractivity contribution is -0.131. The number of esters is 1. The second-order valence-electron chi connectivity index (χ2n) is 6.36. The topological polar surface area (TPSA) is 105 Å². The van der Waals surface area contributed by atoms with Gasteiger partial charge in [-0.05, 0) is 19.1 Å². The number of carbonyl (C=O) groups is 4. The first-order valence-corrected chi connectivity index (χ1v) is 9.03. The molecule has 0 aromatic heterocycles. The zero-order valence-corrected chi connectivity index (χ0v) is 17.6. The van der Waals surface area contributed by atoms with Crippen LogP contribution in [0.2, 0.25) is 5.02 Å². The van der Waals surface area contributed by atoms with Gasteiger partial charge in [0.15, 0.2) is 23.1 Å². The summed E-state index contributed by atoms with van der Waals surface area (Å²) in [4.78, 5) is 50.8. The normalized spacial score (nSPS) is 12.1. The third-order valence-corrected chi connectivity index (χ3v) is 4.98. The number of carbonyl (C=O) groups excluding carboxylic acids is 4. The van der Waals surface area contributed by atoms with E-state index in [2.05, 4.69) is 0 Å². The van der Waals surface area contributed by atoms with Crippen LogP contribution < -0.4 is 18.9 Å². The first-order valence-electron chi connectivity index (χ1n) is 8.66. The first kappa shape index (κ1) is 21.3. The molecule has 0 radical (unpaired) electrons. The highest BCUT2D eigenvalue weighted by molar-refractivity contribution is 6.37. The Kier molecular flexibility index (Phi) is 5.54. The molecule has 1 aliphatic carbocycles. The fourth-order valence-corrected chi connectivity index (χ4v) is 3.71. The highest BCUT2D eigenvalue weighted by atomic mass is 35.5. The van der Waals surface area contributed by atoms with Crippen molar-refractivity contribution in [3.63, 3.8) is 0 Å². The third-order valence-electron chi connectivity index (χ3n) is 4.62. The quantitative estimate of drug-likeness (QED) is 0.343. The molecule has 0 spiro atoms. The molecule has 3 rings (SSSR count). The maximum Gasteiger partial charge on any atom is 0.308 e. The minimum Gasteiger partial charge on any atom is -0.496 e. The van der Waals surface area contributed by atoms with Crippen molar-refractivity contribution in [1.82, 2.24) is 0 Å². The van der Waals surface area contributed by atoms with Crippen molar-refractivity contribution >= 4 is 34.9 Å². The molecular formula is C21H17ClO8. The predicted octanol–water partition coefficient (Wildman–Crippen LogP) is 3.27. The van der Waals surface area contributed by atoms with Crippen LogP contribution in [0.3, 0.4) is 0 Å². The number of benzene rings is 2. The molecule has 0 atom stereocenters. The molecule has 0 fully saturated rings. The number of ketones is 3. The fourth-order valence-electron chi connectivity index (χ4n) is 3.40.